The number of benzene rings is 2. The lowest BCUT2D eigenvalue weighted by molar-refractivity contribution is 0.0318. The number of methoxy groups -OCH3 is 1. The Morgan fingerprint density at radius 2 is 1.64 bits per heavy atom. The lowest BCUT2D eigenvalue weighted by Crippen LogP contribution is -2.25. The van der Waals surface area contributed by atoms with Crippen LogP contribution in [0, 0.1) is 13.8 Å². The van der Waals surface area contributed by atoms with Gasteiger partial charge in [-0.15, -0.1) is 0 Å². The van der Waals surface area contributed by atoms with E-state index in [1.807, 2.05) is 30.3 Å². The van der Waals surface area contributed by atoms with Crippen LogP contribution in [0.15, 0.2) is 42.5 Å². The van der Waals surface area contributed by atoms with Crippen molar-refractivity contribution >= 4 is 28.5 Å². The van der Waals surface area contributed by atoms with Crippen molar-refractivity contribution in [2.75, 3.05) is 7.11 Å². The maximum Gasteiger partial charge on any atom is 0.339 e. The van der Waals surface area contributed by atoms with Gasteiger partial charge >= 0.3 is 11.9 Å². The Bertz CT molecular complexity index is 1070. The van der Waals surface area contributed by atoms with E-state index in [0.717, 1.165) is 10.8 Å². The molecular formula is C22H21NO5. The summed E-state index contributed by atoms with van der Waals surface area (Å²) >= 11 is 0. The van der Waals surface area contributed by atoms with E-state index in [4.69, 9.17) is 9.47 Å². The normalized spacial score (nSPS) is 11.9. The van der Waals surface area contributed by atoms with Crippen LogP contribution >= 0.6 is 0 Å². The number of ketones is 1. The highest BCUT2D eigenvalue weighted by atomic mass is 16.5. The molecule has 0 fully saturated rings. The Morgan fingerprint density at radius 1 is 0.964 bits per heavy atom. The predicted octanol–water partition coefficient (Wildman–Crippen LogP) is 4.00. The van der Waals surface area contributed by atoms with Gasteiger partial charge in [0.15, 0.2) is 6.10 Å². The van der Waals surface area contributed by atoms with E-state index >= 15 is 0 Å². The summed E-state index contributed by atoms with van der Waals surface area (Å²) in [5.41, 5.74) is 1.95. The minimum atomic E-state index is -1.02. The SMILES string of the molecule is COC(=O)c1c(C)[nH]c(C(=O)C(C)OC(=O)c2cccc3ccccc23)c1C. The molecule has 0 bridgehead atoms. The second kappa shape index (κ2) is 7.68. The fraction of sp³-hybridized carbons (Fsp3) is 0.227. The zero-order valence-electron chi connectivity index (χ0n) is 16.2. The Kier molecular flexibility index (Phi) is 5.31. The third kappa shape index (κ3) is 3.41. The van der Waals surface area contributed by atoms with Crippen LogP contribution < -0.4 is 0 Å². The summed E-state index contributed by atoms with van der Waals surface area (Å²) in [5.74, 6) is -1.51. The van der Waals surface area contributed by atoms with Gasteiger partial charge in [-0.05, 0) is 43.2 Å². The van der Waals surface area contributed by atoms with Gasteiger partial charge in [-0.25, -0.2) is 9.59 Å². The fourth-order valence-electron chi connectivity index (χ4n) is 3.29. The number of ether oxygens (including phenoxy) is 2. The van der Waals surface area contributed by atoms with Gasteiger partial charge in [0.05, 0.1) is 23.9 Å². The van der Waals surface area contributed by atoms with E-state index < -0.39 is 23.8 Å². The molecule has 28 heavy (non-hydrogen) atoms. The fourth-order valence-corrected chi connectivity index (χ4v) is 3.29. The molecule has 144 valence electrons. The second-order valence-electron chi connectivity index (χ2n) is 6.56. The smallest absolute Gasteiger partial charge is 0.339 e. The Labute approximate surface area is 162 Å². The highest BCUT2D eigenvalue weighted by Crippen LogP contribution is 2.23. The van der Waals surface area contributed by atoms with Gasteiger partial charge in [0, 0.05) is 5.69 Å². The van der Waals surface area contributed by atoms with Crippen LogP contribution in [0.1, 0.15) is 49.4 Å². The first-order valence-electron chi connectivity index (χ1n) is 8.85. The summed E-state index contributed by atoms with van der Waals surface area (Å²) in [6.07, 6.45) is -1.02. The van der Waals surface area contributed by atoms with Crippen molar-refractivity contribution in [2.24, 2.45) is 0 Å². The lowest BCUT2D eigenvalue weighted by Gasteiger charge is -2.13. The molecule has 6 nitrogen and oxygen atoms in total. The number of carbonyl (C=O) groups is 3. The van der Waals surface area contributed by atoms with Crippen LogP contribution in [0.2, 0.25) is 0 Å². The third-order valence-corrected chi connectivity index (χ3v) is 4.74. The van der Waals surface area contributed by atoms with Gasteiger partial charge in [0.1, 0.15) is 0 Å². The number of carbonyl (C=O) groups excluding carboxylic acids is 3. The van der Waals surface area contributed by atoms with Crippen molar-refractivity contribution in [3.05, 3.63) is 70.5 Å². The predicted molar refractivity (Wildman–Crippen MR) is 105 cm³/mol. The maximum atomic E-state index is 12.8. The highest BCUT2D eigenvalue weighted by molar-refractivity contribution is 6.07. The van der Waals surface area contributed by atoms with Gasteiger partial charge in [0.25, 0.3) is 0 Å². The van der Waals surface area contributed by atoms with Crippen LogP contribution in [0.3, 0.4) is 0 Å². The van der Waals surface area contributed by atoms with Gasteiger partial charge < -0.3 is 14.5 Å². The highest BCUT2D eigenvalue weighted by Gasteiger charge is 2.27. The number of H-pyrrole nitrogens is 1. The van der Waals surface area contributed by atoms with Gasteiger partial charge in [0.2, 0.25) is 5.78 Å². The first-order valence-corrected chi connectivity index (χ1v) is 8.85. The molecule has 0 aliphatic carbocycles. The minimum Gasteiger partial charge on any atom is -0.465 e. The van der Waals surface area contributed by atoms with Crippen LogP contribution in [0.25, 0.3) is 10.8 Å². The number of rotatable bonds is 5. The summed E-state index contributed by atoms with van der Waals surface area (Å²) in [4.78, 5) is 40.3. The largest absolute Gasteiger partial charge is 0.465 e. The topological polar surface area (TPSA) is 85.5 Å². The molecule has 1 heterocycles. The number of hydrogen-bond acceptors (Lipinski definition) is 5. The summed E-state index contributed by atoms with van der Waals surface area (Å²) in [6.45, 7) is 4.85. The number of aromatic amines is 1. The molecule has 0 saturated carbocycles. The van der Waals surface area contributed by atoms with Gasteiger partial charge in [-0.2, -0.15) is 0 Å². The maximum absolute atomic E-state index is 12.8. The standard InChI is InChI=1S/C22H21NO5/c1-12-18(22(26)27-4)13(2)23-19(12)20(24)14(3)28-21(25)17-11-7-9-15-8-5-6-10-16(15)17/h5-11,14,23H,1-4H3. The van der Waals surface area contributed by atoms with Crippen molar-refractivity contribution in [2.45, 2.75) is 26.9 Å². The lowest BCUT2D eigenvalue weighted by atomic mass is 10.0. The molecule has 1 unspecified atom stereocenters. The molecule has 0 aliphatic rings. The summed E-state index contributed by atoms with van der Waals surface area (Å²) in [5, 5.41) is 1.67. The average Bonchev–Trinajstić information content (AvgIpc) is 3.00. The third-order valence-electron chi connectivity index (χ3n) is 4.74. The van der Waals surface area contributed by atoms with Crippen LogP contribution in [0.5, 0.6) is 0 Å². The number of hydrogen-bond donors (Lipinski definition) is 1. The van der Waals surface area contributed by atoms with Crippen molar-refractivity contribution < 1.29 is 23.9 Å². The summed E-state index contributed by atoms with van der Waals surface area (Å²) in [7, 11) is 1.28. The first-order chi connectivity index (χ1) is 13.3. The molecule has 0 spiro atoms. The van der Waals surface area contributed by atoms with Crippen molar-refractivity contribution in [1.82, 2.24) is 4.98 Å². The van der Waals surface area contributed by atoms with Gasteiger partial charge in [-0.1, -0.05) is 36.4 Å². The second-order valence-corrected chi connectivity index (χ2v) is 6.56. The van der Waals surface area contributed by atoms with E-state index in [-0.39, 0.29) is 5.69 Å². The molecule has 0 aliphatic heterocycles. The molecule has 3 rings (SSSR count). The molecule has 1 atom stereocenters. The van der Waals surface area contributed by atoms with E-state index in [1.165, 1.54) is 14.0 Å². The van der Waals surface area contributed by atoms with Crippen molar-refractivity contribution in [3.63, 3.8) is 0 Å². The molecule has 0 saturated heterocycles. The summed E-state index contributed by atoms with van der Waals surface area (Å²) in [6, 6.07) is 12.8. The van der Waals surface area contributed by atoms with E-state index in [2.05, 4.69) is 4.98 Å². The number of fused-ring (bicyclic) bond motifs is 1. The van der Waals surface area contributed by atoms with Crippen LogP contribution in [0.4, 0.5) is 0 Å². The zero-order valence-corrected chi connectivity index (χ0v) is 16.2. The van der Waals surface area contributed by atoms with Crippen LogP contribution in [-0.2, 0) is 9.47 Å². The zero-order chi connectivity index (χ0) is 20.4. The number of aromatic nitrogens is 1. The van der Waals surface area contributed by atoms with E-state index in [0.29, 0.717) is 22.4 Å². The Hall–Kier alpha value is -3.41. The Morgan fingerprint density at radius 3 is 2.36 bits per heavy atom. The quantitative estimate of drug-likeness (QED) is 0.535. The summed E-state index contributed by atoms with van der Waals surface area (Å²) < 4.78 is 10.2. The molecule has 1 aromatic heterocycles. The number of nitrogens with one attached hydrogen (secondary N) is 1. The molecule has 0 radical (unpaired) electrons. The molecule has 2 aromatic carbocycles. The van der Waals surface area contributed by atoms with Gasteiger partial charge in [-0.3, -0.25) is 4.79 Å². The average molecular weight is 379 g/mol. The Balaban J connectivity index is 1.85. The number of Topliss-reactive ketones (excluding diaryl/α,β-unsaturated/α-hetero) is 1. The minimum absolute atomic E-state index is 0.233. The first kappa shape index (κ1) is 19.4. The number of aryl methyl sites for hydroxylation is 1. The van der Waals surface area contributed by atoms with E-state index in [1.54, 1.807) is 26.0 Å². The molecule has 0 amide bonds. The molecule has 3 aromatic rings. The molecule has 1 N–H and O–H groups in total. The van der Waals surface area contributed by atoms with Crippen molar-refractivity contribution in [1.29, 1.82) is 0 Å². The van der Waals surface area contributed by atoms with E-state index in [9.17, 15) is 14.4 Å². The molecular weight excluding hydrogens is 358 g/mol. The monoisotopic (exact) mass is 379 g/mol. The van der Waals surface area contributed by atoms with Crippen LogP contribution in [-0.4, -0.2) is 35.9 Å². The molecule has 6 heteroatoms. The number of esters is 2. The van der Waals surface area contributed by atoms with Crippen molar-refractivity contribution in [3.8, 4) is 0 Å².